The first-order chi connectivity index (χ1) is 9.77. The second kappa shape index (κ2) is 8.23. The van der Waals surface area contributed by atoms with Crippen LogP contribution in [0.5, 0.6) is 0 Å². The van der Waals surface area contributed by atoms with Crippen LogP contribution in [0.1, 0.15) is 40.5 Å². The summed E-state index contributed by atoms with van der Waals surface area (Å²) in [6.07, 6.45) is 2.40. The molecule has 21 heavy (non-hydrogen) atoms. The van der Waals surface area contributed by atoms with Crippen LogP contribution in [0.2, 0.25) is 0 Å². The largest absolute Gasteiger partial charge is 0.377 e. The summed E-state index contributed by atoms with van der Waals surface area (Å²) in [4.78, 5) is 17.0. The Morgan fingerprint density at radius 2 is 1.71 bits per heavy atom. The summed E-state index contributed by atoms with van der Waals surface area (Å²) in [7, 11) is 4.31. The van der Waals surface area contributed by atoms with E-state index in [4.69, 9.17) is 0 Å². The Morgan fingerprint density at radius 3 is 2.29 bits per heavy atom. The SMILES string of the molecule is CCN(C)CCCCN(C)C1=C(C(C)(C)C)C(=O)CSC1. The number of rotatable bonds is 7. The smallest absolute Gasteiger partial charge is 0.171 e. The second-order valence-corrected chi connectivity index (χ2v) is 8.00. The van der Waals surface area contributed by atoms with Gasteiger partial charge >= 0.3 is 0 Å². The Bertz CT molecular complexity index is 385. The number of hydrogen-bond donors (Lipinski definition) is 0. The highest BCUT2D eigenvalue weighted by Crippen LogP contribution is 2.35. The number of ketones is 1. The summed E-state index contributed by atoms with van der Waals surface area (Å²) in [6.45, 7) is 12.0. The number of hydrogen-bond acceptors (Lipinski definition) is 4. The number of thioether (sulfide) groups is 1. The van der Waals surface area contributed by atoms with Gasteiger partial charge in [-0.25, -0.2) is 0 Å². The average molecular weight is 313 g/mol. The molecule has 0 unspecified atom stereocenters. The summed E-state index contributed by atoms with van der Waals surface area (Å²) in [5.41, 5.74) is 2.26. The molecule has 0 spiro atoms. The van der Waals surface area contributed by atoms with Crippen molar-refractivity contribution in [1.82, 2.24) is 9.80 Å². The van der Waals surface area contributed by atoms with Crippen LogP contribution < -0.4 is 0 Å². The van der Waals surface area contributed by atoms with Crippen molar-refractivity contribution in [2.75, 3.05) is 45.2 Å². The third-order valence-electron chi connectivity index (χ3n) is 4.07. The Morgan fingerprint density at radius 1 is 1.10 bits per heavy atom. The number of nitrogens with zero attached hydrogens (tertiary/aromatic N) is 2. The van der Waals surface area contributed by atoms with Gasteiger partial charge in [0.05, 0.1) is 5.75 Å². The molecule has 0 aliphatic carbocycles. The number of unbranched alkanes of at least 4 members (excludes halogenated alkanes) is 1. The zero-order chi connectivity index (χ0) is 16.0. The molecule has 0 aromatic rings. The first-order valence-electron chi connectivity index (χ1n) is 8.01. The van der Waals surface area contributed by atoms with E-state index in [0.717, 1.165) is 31.0 Å². The lowest BCUT2D eigenvalue weighted by atomic mass is 9.82. The fourth-order valence-corrected chi connectivity index (χ4v) is 3.71. The number of carbonyl (C=O) groups is 1. The first kappa shape index (κ1) is 18.6. The maximum Gasteiger partial charge on any atom is 0.171 e. The predicted octanol–water partition coefficient (Wildman–Crippen LogP) is 3.27. The van der Waals surface area contributed by atoms with Gasteiger partial charge in [-0.2, -0.15) is 0 Å². The molecule has 1 heterocycles. The van der Waals surface area contributed by atoms with Crippen molar-refractivity contribution >= 4 is 17.5 Å². The minimum absolute atomic E-state index is 0.0515. The lowest BCUT2D eigenvalue weighted by molar-refractivity contribution is -0.114. The van der Waals surface area contributed by atoms with Crippen molar-refractivity contribution in [2.24, 2.45) is 5.41 Å². The molecule has 0 aromatic carbocycles. The number of carbonyl (C=O) groups excluding carboxylic acids is 1. The van der Waals surface area contributed by atoms with Crippen LogP contribution >= 0.6 is 11.8 Å². The van der Waals surface area contributed by atoms with E-state index >= 15 is 0 Å². The summed E-state index contributed by atoms with van der Waals surface area (Å²) in [6, 6.07) is 0. The van der Waals surface area contributed by atoms with Crippen molar-refractivity contribution < 1.29 is 4.79 Å². The summed E-state index contributed by atoms with van der Waals surface area (Å²) in [5, 5.41) is 0. The summed E-state index contributed by atoms with van der Waals surface area (Å²) in [5.74, 6) is 1.95. The van der Waals surface area contributed by atoms with E-state index in [9.17, 15) is 4.79 Å². The second-order valence-electron chi connectivity index (χ2n) is 7.01. The van der Waals surface area contributed by atoms with Crippen molar-refractivity contribution in [3.05, 3.63) is 11.3 Å². The third-order valence-corrected chi connectivity index (χ3v) is 5.02. The maximum absolute atomic E-state index is 12.3. The third kappa shape index (κ3) is 5.67. The highest BCUT2D eigenvalue weighted by atomic mass is 32.2. The van der Waals surface area contributed by atoms with Crippen molar-refractivity contribution in [1.29, 1.82) is 0 Å². The number of allylic oxidation sites excluding steroid dienone is 1. The molecule has 1 rings (SSSR count). The van der Waals surface area contributed by atoms with E-state index in [0.29, 0.717) is 11.5 Å². The molecule has 122 valence electrons. The maximum atomic E-state index is 12.3. The summed E-state index contributed by atoms with van der Waals surface area (Å²) < 4.78 is 0. The van der Waals surface area contributed by atoms with E-state index in [1.165, 1.54) is 18.5 Å². The Labute approximate surface area is 135 Å². The predicted molar refractivity (Wildman–Crippen MR) is 93.8 cm³/mol. The topological polar surface area (TPSA) is 23.6 Å². The normalized spacial score (nSPS) is 16.8. The lowest BCUT2D eigenvalue weighted by Gasteiger charge is -2.34. The molecular weight excluding hydrogens is 280 g/mol. The zero-order valence-electron chi connectivity index (χ0n) is 14.7. The Hall–Kier alpha value is -0.480. The van der Waals surface area contributed by atoms with Gasteiger partial charge in [0.2, 0.25) is 0 Å². The van der Waals surface area contributed by atoms with Gasteiger partial charge in [0.25, 0.3) is 0 Å². The van der Waals surface area contributed by atoms with Crippen LogP contribution in [0.15, 0.2) is 11.3 Å². The van der Waals surface area contributed by atoms with Crippen LogP contribution in [-0.4, -0.2) is 60.8 Å². The highest BCUT2D eigenvalue weighted by Gasteiger charge is 2.31. The molecule has 0 N–H and O–H groups in total. The van der Waals surface area contributed by atoms with Gasteiger partial charge in [-0.15, -0.1) is 11.8 Å². The lowest BCUT2D eigenvalue weighted by Crippen LogP contribution is -2.33. The monoisotopic (exact) mass is 312 g/mol. The van der Waals surface area contributed by atoms with Crippen molar-refractivity contribution in [3.8, 4) is 0 Å². The Kier molecular flexibility index (Phi) is 7.28. The molecule has 3 nitrogen and oxygen atoms in total. The van der Waals surface area contributed by atoms with Crippen molar-refractivity contribution in [3.63, 3.8) is 0 Å². The van der Waals surface area contributed by atoms with Gasteiger partial charge < -0.3 is 9.80 Å². The van der Waals surface area contributed by atoms with Crippen molar-refractivity contribution in [2.45, 2.75) is 40.5 Å². The van der Waals surface area contributed by atoms with Gasteiger partial charge in [0, 0.05) is 30.6 Å². The van der Waals surface area contributed by atoms with E-state index in [2.05, 4.69) is 51.6 Å². The zero-order valence-corrected chi connectivity index (χ0v) is 15.5. The van der Waals surface area contributed by atoms with E-state index in [-0.39, 0.29) is 5.41 Å². The minimum atomic E-state index is -0.0515. The quantitative estimate of drug-likeness (QED) is 0.673. The average Bonchev–Trinajstić information content (AvgIpc) is 2.41. The van der Waals surface area contributed by atoms with E-state index < -0.39 is 0 Å². The standard InChI is InChI=1S/C17H32N2OS/c1-7-18(5)10-8-9-11-19(6)14-12-21-13-15(20)16(14)17(2,3)4/h7-13H2,1-6H3. The van der Waals surface area contributed by atoms with Crippen LogP contribution in [0.4, 0.5) is 0 Å². The molecule has 0 fully saturated rings. The van der Waals surface area contributed by atoms with Gasteiger partial charge in [0.15, 0.2) is 5.78 Å². The van der Waals surface area contributed by atoms with Crippen LogP contribution in [0.3, 0.4) is 0 Å². The molecule has 0 aromatic heterocycles. The van der Waals surface area contributed by atoms with Crippen LogP contribution in [0.25, 0.3) is 0 Å². The fourth-order valence-electron chi connectivity index (χ4n) is 2.72. The summed E-state index contributed by atoms with van der Waals surface area (Å²) >= 11 is 1.75. The van der Waals surface area contributed by atoms with E-state index in [1.807, 2.05) is 0 Å². The number of Topliss-reactive ketones (excluding diaryl/α,β-unsaturated/α-hetero) is 1. The minimum Gasteiger partial charge on any atom is -0.377 e. The first-order valence-corrected chi connectivity index (χ1v) is 9.17. The van der Waals surface area contributed by atoms with Gasteiger partial charge in [-0.3, -0.25) is 4.79 Å². The molecule has 0 atom stereocenters. The van der Waals surface area contributed by atoms with Gasteiger partial charge in [-0.1, -0.05) is 27.7 Å². The molecule has 0 saturated carbocycles. The fraction of sp³-hybridized carbons (Fsp3) is 0.824. The van der Waals surface area contributed by atoms with E-state index in [1.54, 1.807) is 11.8 Å². The highest BCUT2D eigenvalue weighted by molar-refractivity contribution is 8.00. The molecule has 0 radical (unpaired) electrons. The molecule has 1 aliphatic heterocycles. The molecule has 0 amide bonds. The van der Waals surface area contributed by atoms with Gasteiger partial charge in [0.1, 0.15) is 0 Å². The molecule has 1 aliphatic rings. The molecule has 4 heteroatoms. The molecular formula is C17H32N2OS. The Balaban J connectivity index is 2.65. The van der Waals surface area contributed by atoms with Crippen LogP contribution in [-0.2, 0) is 4.79 Å². The van der Waals surface area contributed by atoms with Gasteiger partial charge in [-0.05, 0) is 38.4 Å². The molecule has 0 saturated heterocycles. The molecule has 0 bridgehead atoms. The van der Waals surface area contributed by atoms with Crippen LogP contribution in [0, 0.1) is 5.41 Å².